The monoisotopic (exact) mass is 233 g/mol. The predicted octanol–water partition coefficient (Wildman–Crippen LogP) is 1.39. The summed E-state index contributed by atoms with van der Waals surface area (Å²) >= 11 is 0. The van der Waals surface area contributed by atoms with Gasteiger partial charge >= 0.3 is 0 Å². The minimum absolute atomic E-state index is 0.217. The molecule has 0 fully saturated rings. The van der Waals surface area contributed by atoms with E-state index in [9.17, 15) is 0 Å². The number of aliphatic hydroxyl groups excluding tert-OH is 1. The van der Waals surface area contributed by atoms with Crippen LogP contribution in [0.2, 0.25) is 0 Å². The van der Waals surface area contributed by atoms with E-state index < -0.39 is 6.29 Å². The van der Waals surface area contributed by atoms with Crippen LogP contribution in [0.3, 0.4) is 0 Å². The first-order valence-corrected chi connectivity index (χ1v) is 5.97. The zero-order valence-corrected chi connectivity index (χ0v) is 11.0. The number of hydrogen-bond donors (Lipinski definition) is 3. The molecule has 4 N–H and O–H groups in total. The molecule has 0 saturated carbocycles. The van der Waals surface area contributed by atoms with Crippen LogP contribution in [0.4, 0.5) is 0 Å². The summed E-state index contributed by atoms with van der Waals surface area (Å²) in [4.78, 5) is 0. The van der Waals surface area contributed by atoms with Crippen molar-refractivity contribution >= 4 is 0 Å². The largest absolute Gasteiger partial charge is 0.375 e. The number of aliphatic hydroxyl groups is 2. The SMILES string of the molecule is CC[C@](C)(CCC(O)O)OCCC(C)(C)N. The molecule has 4 heteroatoms. The lowest BCUT2D eigenvalue weighted by molar-refractivity contribution is -0.0865. The van der Waals surface area contributed by atoms with Crippen LogP contribution in [0, 0.1) is 0 Å². The zero-order valence-electron chi connectivity index (χ0n) is 11.0. The lowest BCUT2D eigenvalue weighted by Gasteiger charge is -2.30. The summed E-state index contributed by atoms with van der Waals surface area (Å²) in [6.07, 6.45) is 1.39. The molecule has 0 radical (unpaired) electrons. The number of nitrogens with two attached hydrogens (primary N) is 1. The third-order valence-corrected chi connectivity index (χ3v) is 2.88. The standard InChI is InChI=1S/C12H27NO3/c1-5-12(4,7-6-10(14)15)16-9-8-11(2,3)13/h10,14-15H,5-9,13H2,1-4H3/t12-/m1/s1. The van der Waals surface area contributed by atoms with Crippen molar-refractivity contribution in [2.75, 3.05) is 6.61 Å². The predicted molar refractivity (Wildman–Crippen MR) is 65.0 cm³/mol. The Hall–Kier alpha value is -0.160. The summed E-state index contributed by atoms with van der Waals surface area (Å²) in [5.41, 5.74) is 5.37. The average molecular weight is 233 g/mol. The van der Waals surface area contributed by atoms with Gasteiger partial charge in [0.2, 0.25) is 0 Å². The molecule has 4 nitrogen and oxygen atoms in total. The van der Waals surface area contributed by atoms with Crippen LogP contribution < -0.4 is 5.73 Å². The van der Waals surface area contributed by atoms with E-state index >= 15 is 0 Å². The van der Waals surface area contributed by atoms with Gasteiger partial charge in [-0.15, -0.1) is 0 Å². The summed E-state index contributed by atoms with van der Waals surface area (Å²) in [7, 11) is 0. The maximum atomic E-state index is 8.85. The average Bonchev–Trinajstić information content (AvgIpc) is 2.13. The Morgan fingerprint density at radius 1 is 1.19 bits per heavy atom. The lowest BCUT2D eigenvalue weighted by Crippen LogP contribution is -2.36. The Labute approximate surface area is 98.8 Å². The molecule has 0 aromatic rings. The zero-order chi connectivity index (χ0) is 12.8. The molecule has 0 aromatic heterocycles. The fraction of sp³-hybridized carbons (Fsp3) is 1.00. The molecule has 0 spiro atoms. The third-order valence-electron chi connectivity index (χ3n) is 2.88. The van der Waals surface area contributed by atoms with Crippen molar-refractivity contribution in [2.24, 2.45) is 5.73 Å². The van der Waals surface area contributed by atoms with Crippen LogP contribution in [-0.4, -0.2) is 34.2 Å². The Balaban J connectivity index is 3.97. The van der Waals surface area contributed by atoms with Gasteiger partial charge in [-0.25, -0.2) is 0 Å². The second-order valence-corrected chi connectivity index (χ2v) is 5.41. The molecule has 98 valence electrons. The second kappa shape index (κ2) is 6.55. The van der Waals surface area contributed by atoms with Crippen molar-refractivity contribution in [1.82, 2.24) is 0 Å². The van der Waals surface area contributed by atoms with Gasteiger partial charge in [-0.3, -0.25) is 0 Å². The Kier molecular flexibility index (Phi) is 6.48. The van der Waals surface area contributed by atoms with Crippen molar-refractivity contribution in [3.63, 3.8) is 0 Å². The van der Waals surface area contributed by atoms with Crippen LogP contribution in [0.5, 0.6) is 0 Å². The van der Waals surface area contributed by atoms with E-state index in [1.165, 1.54) is 0 Å². The van der Waals surface area contributed by atoms with Crippen molar-refractivity contribution in [1.29, 1.82) is 0 Å². The highest BCUT2D eigenvalue weighted by Crippen LogP contribution is 2.23. The van der Waals surface area contributed by atoms with Gasteiger partial charge in [0.1, 0.15) is 0 Å². The Morgan fingerprint density at radius 3 is 2.12 bits per heavy atom. The first-order chi connectivity index (χ1) is 7.18. The van der Waals surface area contributed by atoms with Crippen LogP contribution in [-0.2, 0) is 4.74 Å². The molecule has 0 amide bonds. The van der Waals surface area contributed by atoms with Crippen molar-refractivity contribution in [3.05, 3.63) is 0 Å². The number of rotatable bonds is 8. The van der Waals surface area contributed by atoms with Gasteiger partial charge in [0.15, 0.2) is 6.29 Å². The van der Waals surface area contributed by atoms with Gasteiger partial charge in [0.05, 0.1) is 5.60 Å². The van der Waals surface area contributed by atoms with Crippen LogP contribution in [0.25, 0.3) is 0 Å². The Bertz CT molecular complexity index is 189. The molecule has 0 heterocycles. The maximum absolute atomic E-state index is 8.85. The minimum Gasteiger partial charge on any atom is -0.375 e. The van der Waals surface area contributed by atoms with Crippen molar-refractivity contribution in [2.45, 2.75) is 70.8 Å². The number of hydrogen-bond acceptors (Lipinski definition) is 4. The fourth-order valence-corrected chi connectivity index (χ4v) is 1.35. The van der Waals surface area contributed by atoms with E-state index in [0.717, 1.165) is 12.8 Å². The molecule has 0 unspecified atom stereocenters. The lowest BCUT2D eigenvalue weighted by atomic mass is 9.96. The molecule has 16 heavy (non-hydrogen) atoms. The molecule has 0 rings (SSSR count). The van der Waals surface area contributed by atoms with Gasteiger partial charge in [-0.2, -0.15) is 0 Å². The first-order valence-electron chi connectivity index (χ1n) is 5.97. The summed E-state index contributed by atoms with van der Waals surface area (Å²) in [6.45, 7) is 8.58. The molecule has 0 aromatic carbocycles. The highest BCUT2D eigenvalue weighted by atomic mass is 16.5. The van der Waals surface area contributed by atoms with Crippen LogP contribution >= 0.6 is 0 Å². The minimum atomic E-state index is -1.25. The molecule has 0 aliphatic rings. The van der Waals surface area contributed by atoms with E-state index in [1.807, 2.05) is 27.7 Å². The van der Waals surface area contributed by atoms with E-state index in [4.69, 9.17) is 20.7 Å². The van der Waals surface area contributed by atoms with E-state index in [2.05, 4.69) is 0 Å². The molecule has 0 aliphatic heterocycles. The van der Waals surface area contributed by atoms with E-state index in [0.29, 0.717) is 19.4 Å². The fourth-order valence-electron chi connectivity index (χ4n) is 1.35. The Morgan fingerprint density at radius 2 is 1.75 bits per heavy atom. The van der Waals surface area contributed by atoms with Gasteiger partial charge < -0.3 is 20.7 Å². The molecular weight excluding hydrogens is 206 g/mol. The maximum Gasteiger partial charge on any atom is 0.151 e. The first kappa shape index (κ1) is 15.8. The topological polar surface area (TPSA) is 75.7 Å². The van der Waals surface area contributed by atoms with E-state index in [-0.39, 0.29) is 11.1 Å². The molecule has 1 atom stereocenters. The van der Waals surface area contributed by atoms with Crippen LogP contribution in [0.15, 0.2) is 0 Å². The van der Waals surface area contributed by atoms with Crippen molar-refractivity contribution in [3.8, 4) is 0 Å². The van der Waals surface area contributed by atoms with E-state index in [1.54, 1.807) is 0 Å². The third kappa shape index (κ3) is 8.05. The molecule has 0 saturated heterocycles. The summed E-state index contributed by atoms with van der Waals surface area (Å²) in [6, 6.07) is 0. The van der Waals surface area contributed by atoms with Gasteiger partial charge in [0, 0.05) is 18.6 Å². The quantitative estimate of drug-likeness (QED) is 0.554. The normalized spacial score (nSPS) is 16.5. The highest BCUT2D eigenvalue weighted by Gasteiger charge is 2.24. The number of ether oxygens (including phenoxy) is 1. The summed E-state index contributed by atoms with van der Waals surface area (Å²) in [5, 5.41) is 17.7. The van der Waals surface area contributed by atoms with Crippen LogP contribution in [0.1, 0.15) is 53.4 Å². The van der Waals surface area contributed by atoms with Crippen molar-refractivity contribution < 1.29 is 14.9 Å². The molecule has 0 bridgehead atoms. The van der Waals surface area contributed by atoms with Gasteiger partial charge in [-0.1, -0.05) is 6.92 Å². The van der Waals surface area contributed by atoms with Gasteiger partial charge in [0.25, 0.3) is 0 Å². The molecule has 0 aliphatic carbocycles. The second-order valence-electron chi connectivity index (χ2n) is 5.41. The summed E-state index contributed by atoms with van der Waals surface area (Å²) < 4.78 is 5.80. The van der Waals surface area contributed by atoms with Gasteiger partial charge in [-0.05, 0) is 40.0 Å². The molecular formula is C12H27NO3. The summed E-state index contributed by atoms with van der Waals surface area (Å²) in [5.74, 6) is 0. The highest BCUT2D eigenvalue weighted by molar-refractivity contribution is 4.76. The smallest absolute Gasteiger partial charge is 0.151 e.